The number of anilines is 1. The quantitative estimate of drug-likeness (QED) is 0.354. The van der Waals surface area contributed by atoms with E-state index in [2.05, 4.69) is 10.1 Å². The number of nitrogens with zero attached hydrogens (tertiary/aromatic N) is 5. The van der Waals surface area contributed by atoms with Crippen LogP contribution in [-0.4, -0.2) is 69.3 Å². The third kappa shape index (κ3) is 4.30. The molecule has 1 saturated heterocycles. The van der Waals surface area contributed by atoms with Gasteiger partial charge in [0.15, 0.2) is 5.65 Å². The second-order valence-corrected chi connectivity index (χ2v) is 11.3. The third-order valence-corrected chi connectivity index (χ3v) is 8.81. The Balaban J connectivity index is 1.26. The highest BCUT2D eigenvalue weighted by Gasteiger charge is 2.44. The van der Waals surface area contributed by atoms with Crippen LogP contribution in [0.4, 0.5) is 14.6 Å². The number of carboxylic acid groups (broad SMARTS) is 1. The molecule has 216 valence electrons. The number of alkyl halides is 1. The van der Waals surface area contributed by atoms with Crippen LogP contribution in [0.15, 0.2) is 54.6 Å². The molecule has 1 N–H and O–H groups in total. The summed E-state index contributed by atoms with van der Waals surface area (Å²) in [6.07, 6.45) is -0.790. The van der Waals surface area contributed by atoms with E-state index in [0.29, 0.717) is 47.8 Å². The van der Waals surface area contributed by atoms with Crippen LogP contribution in [0.1, 0.15) is 58.7 Å². The molecule has 1 saturated carbocycles. The van der Waals surface area contributed by atoms with E-state index < -0.39 is 29.8 Å². The van der Waals surface area contributed by atoms with E-state index in [1.54, 1.807) is 48.0 Å². The molecular weight excluding hydrogens is 544 g/mol. The SMILES string of the molecule is COC1CN(c2cc(C(=O)N3C[C@H](F)c4ccccc4[C@H]3C)nc3cc(-c4ccc([C@H]5C[C@@H]5C(=O)O)cc4F)nn23)C1. The summed E-state index contributed by atoms with van der Waals surface area (Å²) in [7, 11) is 1.64. The number of hydrogen-bond donors (Lipinski definition) is 1. The summed E-state index contributed by atoms with van der Waals surface area (Å²) >= 11 is 0. The van der Waals surface area contributed by atoms with Crippen molar-refractivity contribution >= 4 is 23.3 Å². The second-order valence-electron chi connectivity index (χ2n) is 11.3. The Morgan fingerprint density at radius 2 is 1.81 bits per heavy atom. The molecule has 42 heavy (non-hydrogen) atoms. The molecule has 2 aromatic heterocycles. The Hall–Kier alpha value is -4.38. The summed E-state index contributed by atoms with van der Waals surface area (Å²) < 4.78 is 37.5. The van der Waals surface area contributed by atoms with E-state index in [1.165, 1.54) is 11.0 Å². The van der Waals surface area contributed by atoms with E-state index in [-0.39, 0.29) is 35.9 Å². The van der Waals surface area contributed by atoms with Crippen molar-refractivity contribution < 1.29 is 28.2 Å². The number of halogens is 2. The van der Waals surface area contributed by atoms with E-state index in [9.17, 15) is 14.7 Å². The van der Waals surface area contributed by atoms with E-state index in [0.717, 1.165) is 5.56 Å². The number of carboxylic acids is 1. The first-order valence-corrected chi connectivity index (χ1v) is 14.0. The first-order chi connectivity index (χ1) is 20.2. The van der Waals surface area contributed by atoms with Gasteiger partial charge in [-0.05, 0) is 48.1 Å². The van der Waals surface area contributed by atoms with Gasteiger partial charge < -0.3 is 19.6 Å². The third-order valence-electron chi connectivity index (χ3n) is 8.81. The highest BCUT2D eigenvalue weighted by Crippen LogP contribution is 2.48. The molecule has 0 bridgehead atoms. The summed E-state index contributed by atoms with van der Waals surface area (Å²) in [4.78, 5) is 33.2. The zero-order chi connectivity index (χ0) is 29.3. The van der Waals surface area contributed by atoms with Gasteiger partial charge in [-0.2, -0.15) is 9.61 Å². The van der Waals surface area contributed by atoms with Crippen LogP contribution in [0.25, 0.3) is 16.9 Å². The van der Waals surface area contributed by atoms with Crippen molar-refractivity contribution in [3.8, 4) is 11.3 Å². The number of carbonyl (C=O) groups is 2. The molecule has 11 heteroatoms. The van der Waals surface area contributed by atoms with Crippen LogP contribution in [0.5, 0.6) is 0 Å². The molecule has 7 rings (SSSR count). The van der Waals surface area contributed by atoms with Gasteiger partial charge in [0.25, 0.3) is 5.91 Å². The fourth-order valence-electron chi connectivity index (χ4n) is 6.18. The lowest BCUT2D eigenvalue weighted by Crippen LogP contribution is -2.52. The molecule has 2 fully saturated rings. The Morgan fingerprint density at radius 1 is 1.05 bits per heavy atom. The highest BCUT2D eigenvalue weighted by molar-refractivity contribution is 5.94. The first kappa shape index (κ1) is 26.5. The van der Waals surface area contributed by atoms with Gasteiger partial charge in [0.05, 0.1) is 30.3 Å². The minimum absolute atomic E-state index is 0.0235. The number of carbonyl (C=O) groups excluding carboxylic acids is 1. The topological polar surface area (TPSA) is 100 Å². The Labute approximate surface area is 240 Å². The summed E-state index contributed by atoms with van der Waals surface area (Å²) in [5.74, 6) is -1.86. The molecular formula is C31H29F2N5O4. The molecule has 4 heterocycles. The normalized spacial score (nSPS) is 23.5. The van der Waals surface area contributed by atoms with Gasteiger partial charge in [-0.3, -0.25) is 9.59 Å². The maximum Gasteiger partial charge on any atom is 0.307 e. The van der Waals surface area contributed by atoms with Crippen molar-refractivity contribution in [1.82, 2.24) is 19.5 Å². The fraction of sp³-hybridized carbons (Fsp3) is 0.355. The Morgan fingerprint density at radius 3 is 2.50 bits per heavy atom. The number of aliphatic carboxylic acids is 1. The number of benzene rings is 2. The summed E-state index contributed by atoms with van der Waals surface area (Å²) in [5.41, 5.74) is 3.08. The van der Waals surface area contributed by atoms with Crippen molar-refractivity contribution in [3.05, 3.63) is 82.8 Å². The first-order valence-electron chi connectivity index (χ1n) is 14.0. The fourth-order valence-corrected chi connectivity index (χ4v) is 6.18. The number of aromatic nitrogens is 3. The Kier molecular flexibility index (Phi) is 6.23. The van der Waals surface area contributed by atoms with Gasteiger partial charge in [0, 0.05) is 37.9 Å². The van der Waals surface area contributed by atoms with E-state index >= 15 is 8.78 Å². The second kappa shape index (κ2) is 9.87. The zero-order valence-corrected chi connectivity index (χ0v) is 23.1. The smallest absolute Gasteiger partial charge is 0.307 e. The molecule has 4 aromatic rings. The lowest BCUT2D eigenvalue weighted by molar-refractivity contribution is -0.138. The predicted octanol–water partition coefficient (Wildman–Crippen LogP) is 4.79. The standard InChI is InChI=1S/C31H29F2N5O4/c1-16-19-5-3-4-6-20(19)25(33)15-37(16)30(39)27-12-29(36-13-18(14-36)42-2)38-28(34-27)11-26(35-38)21-8-7-17(9-24(21)32)22-10-23(22)31(40)41/h3-9,11-12,16,18,22-23,25H,10,13-15H2,1-2H3,(H,40,41)/t16-,22-,23+,25+/m1/s1. The summed E-state index contributed by atoms with van der Waals surface area (Å²) in [5, 5.41) is 13.9. The van der Waals surface area contributed by atoms with Gasteiger partial charge in [-0.25, -0.2) is 13.8 Å². The van der Waals surface area contributed by atoms with Gasteiger partial charge >= 0.3 is 5.97 Å². The monoisotopic (exact) mass is 573 g/mol. The Bertz CT molecular complexity index is 1740. The molecule has 9 nitrogen and oxygen atoms in total. The highest BCUT2D eigenvalue weighted by atomic mass is 19.1. The van der Waals surface area contributed by atoms with Crippen LogP contribution in [-0.2, 0) is 9.53 Å². The molecule has 0 spiro atoms. The number of rotatable bonds is 6. The summed E-state index contributed by atoms with van der Waals surface area (Å²) in [6.45, 7) is 2.95. The molecule has 0 radical (unpaired) electrons. The molecule has 4 atom stereocenters. The zero-order valence-electron chi connectivity index (χ0n) is 23.1. The van der Waals surface area contributed by atoms with Gasteiger partial charge in [0.1, 0.15) is 23.5 Å². The van der Waals surface area contributed by atoms with Crippen molar-refractivity contribution in [1.29, 1.82) is 0 Å². The number of methoxy groups -OCH3 is 1. The average Bonchev–Trinajstić information content (AvgIpc) is 3.66. The average molecular weight is 574 g/mol. The molecule has 0 unspecified atom stereocenters. The number of amides is 1. The number of ether oxygens (including phenoxy) is 1. The van der Waals surface area contributed by atoms with E-state index in [4.69, 9.17) is 4.74 Å². The maximum absolute atomic E-state index is 15.3. The molecule has 2 aromatic carbocycles. The lowest BCUT2D eigenvalue weighted by Gasteiger charge is -2.40. The molecule has 3 aliphatic rings. The van der Waals surface area contributed by atoms with Crippen LogP contribution in [0.2, 0.25) is 0 Å². The maximum atomic E-state index is 15.3. The minimum Gasteiger partial charge on any atom is -0.481 e. The summed E-state index contributed by atoms with van der Waals surface area (Å²) in [6, 6.07) is 14.9. The van der Waals surface area contributed by atoms with Crippen molar-refractivity contribution in [3.63, 3.8) is 0 Å². The number of fused-ring (bicyclic) bond motifs is 2. The van der Waals surface area contributed by atoms with Crippen LogP contribution in [0.3, 0.4) is 0 Å². The number of hydrogen-bond acceptors (Lipinski definition) is 6. The van der Waals surface area contributed by atoms with E-state index in [1.807, 2.05) is 24.0 Å². The molecule has 2 aliphatic heterocycles. The van der Waals surface area contributed by atoms with Crippen LogP contribution < -0.4 is 4.90 Å². The predicted molar refractivity (Wildman–Crippen MR) is 150 cm³/mol. The van der Waals surface area contributed by atoms with Gasteiger partial charge in [-0.1, -0.05) is 30.3 Å². The van der Waals surface area contributed by atoms with Crippen molar-refractivity contribution in [2.24, 2.45) is 5.92 Å². The van der Waals surface area contributed by atoms with Crippen LogP contribution >= 0.6 is 0 Å². The van der Waals surface area contributed by atoms with Crippen molar-refractivity contribution in [2.45, 2.75) is 37.6 Å². The largest absolute Gasteiger partial charge is 0.481 e. The van der Waals surface area contributed by atoms with Crippen LogP contribution in [0, 0.1) is 11.7 Å². The van der Waals surface area contributed by atoms with Gasteiger partial charge in [-0.15, -0.1) is 0 Å². The lowest BCUT2D eigenvalue weighted by atomic mass is 9.92. The molecule has 1 aliphatic carbocycles. The molecule has 1 amide bonds. The van der Waals surface area contributed by atoms with Crippen molar-refractivity contribution in [2.75, 3.05) is 31.6 Å². The van der Waals surface area contributed by atoms with Gasteiger partial charge in [0.2, 0.25) is 0 Å². The minimum atomic E-state index is -1.31.